The van der Waals surface area contributed by atoms with Crippen LogP contribution in [0.1, 0.15) is 17.7 Å². The molecule has 0 radical (unpaired) electrons. The Morgan fingerprint density at radius 3 is 1.89 bits per heavy atom. The van der Waals surface area contributed by atoms with E-state index in [0.29, 0.717) is 0 Å². The highest BCUT2D eigenvalue weighted by Gasteiger charge is 2.18. The lowest BCUT2D eigenvalue weighted by atomic mass is 10.0. The largest absolute Gasteiger partial charge is 0.310 e. The third kappa shape index (κ3) is 3.85. The first kappa shape index (κ1) is 21.5. The zero-order valence-corrected chi connectivity index (χ0v) is 20.4. The van der Waals surface area contributed by atoms with Crippen LogP contribution in [0.5, 0.6) is 0 Å². The number of nitrogens with zero attached hydrogens (tertiary/aromatic N) is 3. The number of para-hydroxylation sites is 1. The van der Waals surface area contributed by atoms with E-state index in [0.717, 1.165) is 52.4 Å². The van der Waals surface area contributed by atoms with E-state index in [1.807, 2.05) is 36.4 Å². The third-order valence-corrected chi connectivity index (χ3v) is 7.11. The predicted molar refractivity (Wildman–Crippen MR) is 153 cm³/mol. The maximum atomic E-state index is 4.98. The zero-order chi connectivity index (χ0) is 24.6. The lowest BCUT2D eigenvalue weighted by Gasteiger charge is -2.13. The molecule has 7 rings (SSSR count). The molecule has 3 heteroatoms. The normalized spacial score (nSPS) is 12.5. The fourth-order valence-corrected chi connectivity index (χ4v) is 5.31. The van der Waals surface area contributed by atoms with Crippen LogP contribution in [0.3, 0.4) is 0 Å². The molecule has 0 amide bonds. The Morgan fingerprint density at radius 2 is 1.22 bits per heavy atom. The quantitative estimate of drug-likeness (QED) is 0.256. The van der Waals surface area contributed by atoms with Crippen LogP contribution in [-0.4, -0.2) is 14.5 Å². The number of rotatable bonds is 4. The van der Waals surface area contributed by atoms with Crippen LogP contribution >= 0.6 is 0 Å². The molecule has 0 spiro atoms. The van der Waals surface area contributed by atoms with Gasteiger partial charge >= 0.3 is 0 Å². The van der Waals surface area contributed by atoms with Crippen LogP contribution in [-0.2, 0) is 6.42 Å². The molecule has 0 atom stereocenters. The molecule has 1 aliphatic rings. The van der Waals surface area contributed by atoms with Gasteiger partial charge in [0.05, 0.1) is 16.9 Å². The van der Waals surface area contributed by atoms with Gasteiger partial charge in [0.2, 0.25) is 0 Å². The van der Waals surface area contributed by atoms with Crippen molar-refractivity contribution in [3.63, 3.8) is 0 Å². The van der Waals surface area contributed by atoms with Gasteiger partial charge in [-0.25, -0.2) is 9.97 Å². The van der Waals surface area contributed by atoms with E-state index < -0.39 is 0 Å². The van der Waals surface area contributed by atoms with Gasteiger partial charge < -0.3 is 4.57 Å². The zero-order valence-electron chi connectivity index (χ0n) is 20.4. The van der Waals surface area contributed by atoms with Gasteiger partial charge in [-0.3, -0.25) is 0 Å². The van der Waals surface area contributed by atoms with Crippen molar-refractivity contribution in [2.24, 2.45) is 0 Å². The Kier molecular flexibility index (Phi) is 5.25. The van der Waals surface area contributed by atoms with Crippen LogP contribution in [0, 0.1) is 0 Å². The second-order valence-corrected chi connectivity index (χ2v) is 9.40. The summed E-state index contributed by atoms with van der Waals surface area (Å²) in [4.78, 5) is 9.97. The SMILES string of the molecule is C1=Cc2c(c3ccccc3n2-c2ccc(-c3nc(-c4ccccc4)cc(-c4ccccc4)n3)cc2)CC1. The molecule has 2 aromatic heterocycles. The number of aromatic nitrogens is 3. The summed E-state index contributed by atoms with van der Waals surface area (Å²) in [6.07, 6.45) is 6.73. The molecule has 0 fully saturated rings. The molecular formula is C34H25N3. The summed E-state index contributed by atoms with van der Waals surface area (Å²) in [6, 6.07) is 40.1. The minimum atomic E-state index is 0.728. The van der Waals surface area contributed by atoms with Gasteiger partial charge in [0, 0.05) is 33.5 Å². The highest BCUT2D eigenvalue weighted by Crippen LogP contribution is 2.34. The first-order valence-electron chi connectivity index (χ1n) is 12.7. The smallest absolute Gasteiger partial charge is 0.160 e. The van der Waals surface area contributed by atoms with Crippen molar-refractivity contribution < 1.29 is 0 Å². The summed E-state index contributed by atoms with van der Waals surface area (Å²) in [7, 11) is 0. The maximum Gasteiger partial charge on any atom is 0.160 e. The Balaban J connectivity index is 1.35. The van der Waals surface area contributed by atoms with Crippen molar-refractivity contribution in [1.29, 1.82) is 0 Å². The van der Waals surface area contributed by atoms with Crippen molar-refractivity contribution >= 4 is 17.0 Å². The second-order valence-electron chi connectivity index (χ2n) is 9.40. The van der Waals surface area contributed by atoms with Gasteiger partial charge in [-0.05, 0) is 60.9 Å². The fourth-order valence-electron chi connectivity index (χ4n) is 5.31. The molecule has 0 N–H and O–H groups in total. The molecule has 0 saturated heterocycles. The van der Waals surface area contributed by atoms with Crippen LogP contribution in [0.2, 0.25) is 0 Å². The molecule has 2 heterocycles. The topological polar surface area (TPSA) is 30.7 Å². The van der Waals surface area contributed by atoms with Gasteiger partial charge in [0.1, 0.15) is 0 Å². The Labute approximate surface area is 216 Å². The summed E-state index contributed by atoms with van der Waals surface area (Å²) in [5, 5.41) is 1.34. The van der Waals surface area contributed by atoms with E-state index in [1.165, 1.54) is 22.2 Å². The Morgan fingerprint density at radius 1 is 0.595 bits per heavy atom. The average Bonchev–Trinajstić information content (AvgIpc) is 3.32. The van der Waals surface area contributed by atoms with Crippen LogP contribution in [0.25, 0.3) is 56.6 Å². The van der Waals surface area contributed by atoms with Gasteiger partial charge in [0.25, 0.3) is 0 Å². The summed E-state index contributed by atoms with van der Waals surface area (Å²) in [5.41, 5.74) is 10.1. The highest BCUT2D eigenvalue weighted by atomic mass is 15.0. The van der Waals surface area contributed by atoms with Gasteiger partial charge in [-0.1, -0.05) is 84.9 Å². The highest BCUT2D eigenvalue weighted by molar-refractivity contribution is 5.90. The molecule has 0 bridgehead atoms. The molecule has 6 aromatic rings. The minimum Gasteiger partial charge on any atom is -0.310 e. The standard InChI is InChI=1S/C34H25N3/c1-3-11-24(12-4-1)30-23-31(25-13-5-2-6-14-25)36-34(35-30)26-19-21-27(22-20-26)37-32-17-9-7-15-28(32)29-16-8-10-18-33(29)37/h1-7,9-15,17-23H,8,16H2. The van der Waals surface area contributed by atoms with Gasteiger partial charge in [-0.2, -0.15) is 0 Å². The summed E-state index contributed by atoms with van der Waals surface area (Å²) in [6.45, 7) is 0. The summed E-state index contributed by atoms with van der Waals surface area (Å²) >= 11 is 0. The third-order valence-electron chi connectivity index (χ3n) is 7.11. The number of hydrogen-bond donors (Lipinski definition) is 0. The van der Waals surface area contributed by atoms with Crippen molar-refractivity contribution in [3.05, 3.63) is 133 Å². The molecule has 0 saturated carbocycles. The van der Waals surface area contributed by atoms with Gasteiger partial charge in [-0.15, -0.1) is 0 Å². The molecule has 0 unspecified atom stereocenters. The number of aryl methyl sites for hydroxylation is 1. The van der Waals surface area contributed by atoms with Crippen molar-refractivity contribution in [2.45, 2.75) is 12.8 Å². The van der Waals surface area contributed by atoms with E-state index in [9.17, 15) is 0 Å². The molecule has 1 aliphatic carbocycles. The van der Waals surface area contributed by atoms with Crippen LogP contribution in [0.4, 0.5) is 0 Å². The molecular weight excluding hydrogens is 450 g/mol. The van der Waals surface area contributed by atoms with Crippen LogP contribution < -0.4 is 0 Å². The first-order valence-corrected chi connectivity index (χ1v) is 12.7. The maximum absolute atomic E-state index is 4.98. The Bertz CT molecular complexity index is 1690. The van der Waals surface area contributed by atoms with E-state index in [1.54, 1.807) is 0 Å². The minimum absolute atomic E-state index is 0.728. The molecule has 176 valence electrons. The number of allylic oxidation sites excluding steroid dienone is 1. The van der Waals surface area contributed by atoms with Crippen molar-refractivity contribution in [3.8, 4) is 39.6 Å². The summed E-state index contributed by atoms with van der Waals surface area (Å²) < 4.78 is 2.38. The van der Waals surface area contributed by atoms with E-state index in [2.05, 4.69) is 95.6 Å². The lowest BCUT2D eigenvalue weighted by molar-refractivity contribution is 0.967. The van der Waals surface area contributed by atoms with E-state index >= 15 is 0 Å². The summed E-state index contributed by atoms with van der Waals surface area (Å²) in [5.74, 6) is 0.728. The second kappa shape index (κ2) is 9.03. The molecule has 0 aliphatic heterocycles. The molecule has 37 heavy (non-hydrogen) atoms. The number of fused-ring (bicyclic) bond motifs is 3. The van der Waals surface area contributed by atoms with Crippen molar-refractivity contribution in [1.82, 2.24) is 14.5 Å². The monoisotopic (exact) mass is 475 g/mol. The van der Waals surface area contributed by atoms with E-state index in [-0.39, 0.29) is 0 Å². The average molecular weight is 476 g/mol. The predicted octanol–water partition coefficient (Wildman–Crippen LogP) is 8.38. The van der Waals surface area contributed by atoms with Crippen LogP contribution in [0.15, 0.2) is 121 Å². The van der Waals surface area contributed by atoms with Crippen molar-refractivity contribution in [2.75, 3.05) is 0 Å². The fraction of sp³-hybridized carbons (Fsp3) is 0.0588. The number of hydrogen-bond acceptors (Lipinski definition) is 2. The Hall–Kier alpha value is -4.76. The van der Waals surface area contributed by atoms with Gasteiger partial charge in [0.15, 0.2) is 5.82 Å². The lowest BCUT2D eigenvalue weighted by Crippen LogP contribution is -2.00. The van der Waals surface area contributed by atoms with E-state index in [4.69, 9.17) is 9.97 Å². The molecule has 3 nitrogen and oxygen atoms in total. The number of benzene rings is 4. The first-order chi connectivity index (χ1) is 18.3. The molecule has 4 aromatic carbocycles.